The number of hydrogen-bond donors (Lipinski definition) is 3. The van der Waals surface area contributed by atoms with E-state index in [9.17, 15) is 10.2 Å². The van der Waals surface area contributed by atoms with Gasteiger partial charge in [0.2, 0.25) is 0 Å². The molecule has 0 spiro atoms. The first-order valence-corrected chi connectivity index (χ1v) is 6.60. The molecule has 0 aliphatic carbocycles. The highest BCUT2D eigenvalue weighted by Crippen LogP contribution is 2.37. The minimum atomic E-state index is -0.0280. The van der Waals surface area contributed by atoms with Gasteiger partial charge in [0.1, 0.15) is 0 Å². The molecule has 2 aliphatic heterocycles. The van der Waals surface area contributed by atoms with E-state index in [1.165, 1.54) is 6.07 Å². The summed E-state index contributed by atoms with van der Waals surface area (Å²) in [7, 11) is 0. The summed E-state index contributed by atoms with van der Waals surface area (Å²) in [5, 5.41) is 22.9. The van der Waals surface area contributed by atoms with E-state index in [4.69, 9.17) is 4.74 Å². The van der Waals surface area contributed by atoms with Crippen molar-refractivity contribution in [2.75, 3.05) is 13.1 Å². The second kappa shape index (κ2) is 4.78. The molecule has 1 fully saturated rings. The molecule has 0 bridgehead atoms. The van der Waals surface area contributed by atoms with E-state index in [2.05, 4.69) is 5.32 Å². The second-order valence-corrected chi connectivity index (χ2v) is 5.21. The monoisotopic (exact) mass is 249 g/mol. The minimum Gasteiger partial charge on any atom is -0.504 e. The Hall–Kier alpha value is -1.26. The highest BCUT2D eigenvalue weighted by molar-refractivity contribution is 5.49. The zero-order chi connectivity index (χ0) is 12.5. The maximum Gasteiger partial charge on any atom is 0.161 e. The lowest BCUT2D eigenvalue weighted by molar-refractivity contribution is -0.0188. The normalized spacial score (nSPS) is 24.8. The van der Waals surface area contributed by atoms with Gasteiger partial charge in [-0.2, -0.15) is 0 Å². The third kappa shape index (κ3) is 2.06. The van der Waals surface area contributed by atoms with Gasteiger partial charge in [-0.25, -0.2) is 0 Å². The Bertz CT molecular complexity index is 441. The van der Waals surface area contributed by atoms with E-state index in [1.54, 1.807) is 0 Å². The average molecular weight is 249 g/mol. The maximum atomic E-state index is 9.94. The highest BCUT2D eigenvalue weighted by atomic mass is 16.5. The Labute approximate surface area is 107 Å². The van der Waals surface area contributed by atoms with Crippen molar-refractivity contribution >= 4 is 0 Å². The SMILES string of the molecule is Oc1ccc2c(c1O)CC(C1CCNCC1)OC2. The molecular weight excluding hydrogens is 230 g/mol. The first-order chi connectivity index (χ1) is 8.75. The summed E-state index contributed by atoms with van der Waals surface area (Å²) in [6.07, 6.45) is 3.13. The Morgan fingerprint density at radius 3 is 2.72 bits per heavy atom. The third-order valence-electron chi connectivity index (χ3n) is 4.13. The van der Waals surface area contributed by atoms with Crippen LogP contribution in [0.25, 0.3) is 0 Å². The van der Waals surface area contributed by atoms with Gasteiger partial charge in [-0.05, 0) is 43.5 Å². The van der Waals surface area contributed by atoms with E-state index in [0.717, 1.165) is 37.1 Å². The molecule has 2 aliphatic rings. The van der Waals surface area contributed by atoms with E-state index >= 15 is 0 Å². The quantitative estimate of drug-likeness (QED) is 0.661. The predicted octanol–water partition coefficient (Wildman–Crippen LogP) is 1.54. The van der Waals surface area contributed by atoms with Gasteiger partial charge in [0, 0.05) is 12.0 Å². The molecule has 1 aromatic carbocycles. The number of phenols is 2. The minimum absolute atomic E-state index is 0.0280. The summed E-state index contributed by atoms with van der Waals surface area (Å²) >= 11 is 0. The van der Waals surface area contributed by atoms with Crippen LogP contribution >= 0.6 is 0 Å². The lowest BCUT2D eigenvalue weighted by atomic mass is 9.85. The van der Waals surface area contributed by atoms with Gasteiger partial charge < -0.3 is 20.3 Å². The average Bonchev–Trinajstić information content (AvgIpc) is 2.44. The summed E-state index contributed by atoms with van der Waals surface area (Å²) in [6, 6.07) is 3.37. The molecule has 1 aromatic rings. The molecule has 0 amide bonds. The van der Waals surface area contributed by atoms with Crippen LogP contribution in [0.3, 0.4) is 0 Å². The van der Waals surface area contributed by atoms with Crippen LogP contribution in [0.5, 0.6) is 11.5 Å². The number of ether oxygens (including phenoxy) is 1. The fourth-order valence-electron chi connectivity index (χ4n) is 3.00. The van der Waals surface area contributed by atoms with Gasteiger partial charge in [-0.1, -0.05) is 6.07 Å². The fourth-order valence-corrected chi connectivity index (χ4v) is 3.00. The van der Waals surface area contributed by atoms with Crippen molar-refractivity contribution in [3.63, 3.8) is 0 Å². The van der Waals surface area contributed by atoms with Crippen molar-refractivity contribution in [1.29, 1.82) is 0 Å². The van der Waals surface area contributed by atoms with Crippen molar-refractivity contribution in [2.45, 2.75) is 32.0 Å². The number of phenolic OH excluding ortho intramolecular Hbond substituents is 2. The highest BCUT2D eigenvalue weighted by Gasteiger charge is 2.30. The first kappa shape index (κ1) is 11.8. The van der Waals surface area contributed by atoms with Gasteiger partial charge in [0.25, 0.3) is 0 Å². The molecule has 4 nitrogen and oxygen atoms in total. The number of piperidine rings is 1. The van der Waals surface area contributed by atoms with Crippen molar-refractivity contribution in [2.24, 2.45) is 5.92 Å². The van der Waals surface area contributed by atoms with Crippen molar-refractivity contribution < 1.29 is 14.9 Å². The van der Waals surface area contributed by atoms with Crippen LogP contribution in [-0.2, 0) is 17.8 Å². The summed E-state index contributed by atoms with van der Waals surface area (Å²) < 4.78 is 5.92. The topological polar surface area (TPSA) is 61.7 Å². The summed E-state index contributed by atoms with van der Waals surface area (Å²) in [4.78, 5) is 0. The molecule has 3 N–H and O–H groups in total. The molecule has 3 rings (SSSR count). The number of hydrogen-bond acceptors (Lipinski definition) is 4. The number of aromatic hydroxyl groups is 2. The zero-order valence-corrected chi connectivity index (χ0v) is 10.4. The van der Waals surface area contributed by atoms with Crippen LogP contribution in [0.15, 0.2) is 12.1 Å². The number of fused-ring (bicyclic) bond motifs is 1. The van der Waals surface area contributed by atoms with Gasteiger partial charge in [-0.15, -0.1) is 0 Å². The van der Waals surface area contributed by atoms with Crippen molar-refractivity contribution in [1.82, 2.24) is 5.32 Å². The molecule has 0 saturated carbocycles. The fraction of sp³-hybridized carbons (Fsp3) is 0.571. The molecule has 0 aromatic heterocycles. The molecular formula is C14H19NO3. The van der Waals surface area contributed by atoms with Crippen LogP contribution in [0, 0.1) is 5.92 Å². The Balaban J connectivity index is 1.81. The molecule has 1 atom stereocenters. The second-order valence-electron chi connectivity index (χ2n) is 5.21. The van der Waals surface area contributed by atoms with Gasteiger partial charge in [0.05, 0.1) is 12.7 Å². The van der Waals surface area contributed by atoms with E-state index < -0.39 is 0 Å². The summed E-state index contributed by atoms with van der Waals surface area (Å²) in [5.74, 6) is 0.565. The zero-order valence-electron chi connectivity index (χ0n) is 10.4. The lowest BCUT2D eigenvalue weighted by Crippen LogP contribution is -2.38. The smallest absolute Gasteiger partial charge is 0.161 e. The maximum absolute atomic E-state index is 9.94. The Morgan fingerprint density at radius 1 is 1.17 bits per heavy atom. The molecule has 98 valence electrons. The molecule has 1 unspecified atom stereocenters. The summed E-state index contributed by atoms with van der Waals surface area (Å²) in [5.41, 5.74) is 1.86. The van der Waals surface area contributed by atoms with Crippen molar-refractivity contribution in [3.05, 3.63) is 23.3 Å². The van der Waals surface area contributed by atoms with Gasteiger partial charge >= 0.3 is 0 Å². The number of benzene rings is 1. The number of rotatable bonds is 1. The number of nitrogens with one attached hydrogen (secondary N) is 1. The van der Waals surface area contributed by atoms with E-state index in [-0.39, 0.29) is 17.6 Å². The molecule has 4 heteroatoms. The first-order valence-electron chi connectivity index (χ1n) is 6.60. The third-order valence-corrected chi connectivity index (χ3v) is 4.13. The van der Waals surface area contributed by atoms with Crippen LogP contribution in [-0.4, -0.2) is 29.4 Å². The van der Waals surface area contributed by atoms with E-state index in [1.807, 2.05) is 6.07 Å². The Kier molecular flexibility index (Phi) is 3.14. The molecule has 1 saturated heterocycles. The molecule has 2 heterocycles. The molecule has 18 heavy (non-hydrogen) atoms. The van der Waals surface area contributed by atoms with Crippen LogP contribution in [0.1, 0.15) is 24.0 Å². The standard InChI is InChI=1S/C14H19NO3/c16-12-2-1-10-8-18-13(7-11(10)14(12)17)9-3-5-15-6-4-9/h1-2,9,13,15-17H,3-8H2. The van der Waals surface area contributed by atoms with Crippen LogP contribution in [0.2, 0.25) is 0 Å². The largest absolute Gasteiger partial charge is 0.504 e. The van der Waals surface area contributed by atoms with Crippen LogP contribution in [0.4, 0.5) is 0 Å². The van der Waals surface area contributed by atoms with Crippen molar-refractivity contribution in [3.8, 4) is 11.5 Å². The summed E-state index contributed by atoms with van der Waals surface area (Å²) in [6.45, 7) is 2.63. The van der Waals surface area contributed by atoms with Crippen LogP contribution < -0.4 is 5.32 Å². The van der Waals surface area contributed by atoms with Gasteiger partial charge in [0.15, 0.2) is 11.5 Å². The van der Waals surface area contributed by atoms with Gasteiger partial charge in [-0.3, -0.25) is 0 Å². The predicted molar refractivity (Wildman–Crippen MR) is 67.6 cm³/mol. The lowest BCUT2D eigenvalue weighted by Gasteiger charge is -2.34. The Morgan fingerprint density at radius 2 is 1.94 bits per heavy atom. The molecule has 0 radical (unpaired) electrons. The van der Waals surface area contributed by atoms with E-state index in [0.29, 0.717) is 18.9 Å².